The smallest absolute Gasteiger partial charge is 0.337 e. The molecular formula is C14H19NO2S. The van der Waals surface area contributed by atoms with Gasteiger partial charge < -0.3 is 10.4 Å². The zero-order valence-corrected chi connectivity index (χ0v) is 11.6. The second-order valence-electron chi connectivity index (χ2n) is 5.11. The Morgan fingerprint density at radius 1 is 1.56 bits per heavy atom. The maximum absolute atomic E-state index is 11.2. The third-order valence-corrected chi connectivity index (χ3v) is 4.90. The van der Waals surface area contributed by atoms with Crippen LogP contribution in [0.2, 0.25) is 0 Å². The number of rotatable bonds is 4. The molecule has 1 heterocycles. The lowest BCUT2D eigenvalue weighted by molar-refractivity contribution is 0.0698. The number of nitrogens with one attached hydrogen (secondary N) is 1. The maximum Gasteiger partial charge on any atom is 0.337 e. The molecular weight excluding hydrogens is 246 g/mol. The fourth-order valence-electron chi connectivity index (χ4n) is 2.25. The normalized spacial score (nSPS) is 23.0. The van der Waals surface area contributed by atoms with Crippen molar-refractivity contribution in [3.8, 4) is 0 Å². The van der Waals surface area contributed by atoms with Gasteiger partial charge in [-0.15, -0.1) is 0 Å². The third kappa shape index (κ3) is 2.99. The van der Waals surface area contributed by atoms with Crippen LogP contribution in [0.15, 0.2) is 18.2 Å². The van der Waals surface area contributed by atoms with Gasteiger partial charge in [-0.3, -0.25) is 0 Å². The fraction of sp³-hybridized carbons (Fsp3) is 0.500. The summed E-state index contributed by atoms with van der Waals surface area (Å²) in [6.45, 7) is 5.04. The number of thioether (sulfide) groups is 1. The quantitative estimate of drug-likeness (QED) is 0.876. The van der Waals surface area contributed by atoms with Crippen LogP contribution in [0.5, 0.6) is 0 Å². The van der Waals surface area contributed by atoms with Crippen molar-refractivity contribution in [2.45, 2.75) is 31.4 Å². The Kier molecular flexibility index (Phi) is 3.85. The number of hydrogen-bond acceptors (Lipinski definition) is 3. The van der Waals surface area contributed by atoms with E-state index in [9.17, 15) is 4.79 Å². The second kappa shape index (κ2) is 5.22. The average molecular weight is 265 g/mol. The molecule has 0 aromatic heterocycles. The van der Waals surface area contributed by atoms with Crippen LogP contribution in [-0.2, 0) is 0 Å². The summed E-state index contributed by atoms with van der Waals surface area (Å²) in [4.78, 5) is 11.2. The van der Waals surface area contributed by atoms with Gasteiger partial charge in [-0.2, -0.15) is 11.8 Å². The lowest BCUT2D eigenvalue weighted by Crippen LogP contribution is -2.27. The summed E-state index contributed by atoms with van der Waals surface area (Å²) in [6.07, 6.45) is 2.45. The van der Waals surface area contributed by atoms with Crippen LogP contribution >= 0.6 is 11.8 Å². The molecule has 0 aliphatic carbocycles. The Balaban J connectivity index is 2.12. The molecule has 1 atom stereocenters. The van der Waals surface area contributed by atoms with Crippen LogP contribution in [0, 0.1) is 6.92 Å². The molecule has 1 aromatic carbocycles. The number of aryl methyl sites for hydroxylation is 1. The number of carboxylic acid groups (broad SMARTS) is 1. The van der Waals surface area contributed by atoms with E-state index in [1.165, 1.54) is 18.6 Å². The van der Waals surface area contributed by atoms with Gasteiger partial charge in [-0.25, -0.2) is 4.79 Å². The molecule has 0 radical (unpaired) electrons. The molecule has 1 unspecified atom stereocenters. The van der Waals surface area contributed by atoms with E-state index in [1.807, 2.05) is 30.8 Å². The standard InChI is InChI=1S/C14H19NO2S/c1-10-4-5-11(13(16)17)12(8-10)15-9-14(2)6-3-7-18-14/h4-5,8,15H,3,6-7,9H2,1-2H3,(H,16,17). The minimum atomic E-state index is -0.873. The van der Waals surface area contributed by atoms with Crippen molar-refractivity contribution in [1.29, 1.82) is 0 Å². The van der Waals surface area contributed by atoms with Gasteiger partial charge in [0.1, 0.15) is 0 Å². The monoisotopic (exact) mass is 265 g/mol. The topological polar surface area (TPSA) is 49.3 Å². The molecule has 1 aliphatic heterocycles. The van der Waals surface area contributed by atoms with Crippen molar-refractivity contribution in [1.82, 2.24) is 0 Å². The molecule has 1 aliphatic rings. The van der Waals surface area contributed by atoms with Crippen LogP contribution in [0.1, 0.15) is 35.7 Å². The van der Waals surface area contributed by atoms with E-state index in [2.05, 4.69) is 12.2 Å². The van der Waals surface area contributed by atoms with Crippen molar-refractivity contribution in [2.24, 2.45) is 0 Å². The Morgan fingerprint density at radius 3 is 2.94 bits per heavy atom. The maximum atomic E-state index is 11.2. The van der Waals surface area contributed by atoms with E-state index < -0.39 is 5.97 Å². The Hall–Kier alpha value is -1.16. The van der Waals surface area contributed by atoms with Crippen molar-refractivity contribution in [2.75, 3.05) is 17.6 Å². The third-order valence-electron chi connectivity index (χ3n) is 3.36. The SMILES string of the molecule is Cc1ccc(C(=O)O)c(NCC2(C)CCCS2)c1. The minimum absolute atomic E-state index is 0.236. The van der Waals surface area contributed by atoms with Crippen LogP contribution in [0.4, 0.5) is 5.69 Å². The molecule has 3 nitrogen and oxygen atoms in total. The van der Waals surface area contributed by atoms with Crippen LogP contribution in [0.25, 0.3) is 0 Å². The zero-order chi connectivity index (χ0) is 13.2. The molecule has 4 heteroatoms. The first kappa shape index (κ1) is 13.3. The van der Waals surface area contributed by atoms with E-state index >= 15 is 0 Å². The summed E-state index contributed by atoms with van der Waals surface area (Å²) in [6, 6.07) is 5.41. The first-order valence-corrected chi connectivity index (χ1v) is 7.20. The number of hydrogen-bond donors (Lipinski definition) is 2. The van der Waals surface area contributed by atoms with Gasteiger partial charge >= 0.3 is 5.97 Å². The minimum Gasteiger partial charge on any atom is -0.478 e. The Bertz CT molecular complexity index is 453. The number of carbonyl (C=O) groups is 1. The van der Waals surface area contributed by atoms with E-state index in [0.29, 0.717) is 5.56 Å². The predicted molar refractivity (Wildman–Crippen MR) is 76.7 cm³/mol. The van der Waals surface area contributed by atoms with E-state index in [4.69, 9.17) is 5.11 Å². The van der Waals surface area contributed by atoms with Crippen LogP contribution in [-0.4, -0.2) is 28.1 Å². The van der Waals surface area contributed by atoms with Crippen molar-refractivity contribution < 1.29 is 9.90 Å². The predicted octanol–water partition coefficient (Wildman–Crippen LogP) is 3.39. The van der Waals surface area contributed by atoms with Crippen molar-refractivity contribution >= 4 is 23.4 Å². The lowest BCUT2D eigenvalue weighted by atomic mass is 10.0. The van der Waals surface area contributed by atoms with Gasteiger partial charge in [0.15, 0.2) is 0 Å². The van der Waals surface area contributed by atoms with E-state index in [0.717, 1.165) is 17.8 Å². The number of anilines is 1. The van der Waals surface area contributed by atoms with Gasteiger partial charge in [0.25, 0.3) is 0 Å². The van der Waals surface area contributed by atoms with Gasteiger partial charge in [0.05, 0.1) is 5.56 Å². The highest BCUT2D eigenvalue weighted by Gasteiger charge is 2.29. The fourth-order valence-corrected chi connectivity index (χ4v) is 3.49. The molecule has 0 saturated carbocycles. The summed E-state index contributed by atoms with van der Waals surface area (Å²) >= 11 is 1.97. The summed E-state index contributed by atoms with van der Waals surface area (Å²) in [7, 11) is 0. The summed E-state index contributed by atoms with van der Waals surface area (Å²) in [5.41, 5.74) is 2.16. The molecule has 98 valence electrons. The molecule has 2 rings (SSSR count). The Labute approximate surface area is 112 Å². The number of carboxylic acids is 1. The molecule has 1 saturated heterocycles. The first-order chi connectivity index (χ1) is 8.50. The molecule has 1 aromatic rings. The number of benzene rings is 1. The van der Waals surface area contributed by atoms with Crippen LogP contribution < -0.4 is 5.32 Å². The molecule has 1 fully saturated rings. The van der Waals surface area contributed by atoms with Gasteiger partial charge in [-0.1, -0.05) is 6.07 Å². The van der Waals surface area contributed by atoms with Gasteiger partial charge in [0, 0.05) is 17.0 Å². The summed E-state index contributed by atoms with van der Waals surface area (Å²) in [5, 5.41) is 12.5. The molecule has 0 spiro atoms. The highest BCUT2D eigenvalue weighted by atomic mass is 32.2. The average Bonchev–Trinajstić information content (AvgIpc) is 2.74. The van der Waals surface area contributed by atoms with Crippen LogP contribution in [0.3, 0.4) is 0 Å². The van der Waals surface area contributed by atoms with Crippen molar-refractivity contribution in [3.63, 3.8) is 0 Å². The molecule has 0 amide bonds. The summed E-state index contributed by atoms with van der Waals surface area (Å²) in [5.74, 6) is 0.333. The zero-order valence-electron chi connectivity index (χ0n) is 10.8. The van der Waals surface area contributed by atoms with Crippen molar-refractivity contribution in [3.05, 3.63) is 29.3 Å². The number of aromatic carboxylic acids is 1. The second-order valence-corrected chi connectivity index (χ2v) is 6.79. The van der Waals surface area contributed by atoms with Gasteiger partial charge in [-0.05, 0) is 50.1 Å². The largest absolute Gasteiger partial charge is 0.478 e. The lowest BCUT2D eigenvalue weighted by Gasteiger charge is -2.24. The molecule has 18 heavy (non-hydrogen) atoms. The van der Waals surface area contributed by atoms with E-state index in [-0.39, 0.29) is 4.75 Å². The van der Waals surface area contributed by atoms with E-state index in [1.54, 1.807) is 6.07 Å². The highest BCUT2D eigenvalue weighted by molar-refractivity contribution is 8.00. The molecule has 0 bridgehead atoms. The Morgan fingerprint density at radius 2 is 2.33 bits per heavy atom. The highest BCUT2D eigenvalue weighted by Crippen LogP contribution is 2.37. The van der Waals surface area contributed by atoms with Gasteiger partial charge in [0.2, 0.25) is 0 Å². The summed E-state index contributed by atoms with van der Waals surface area (Å²) < 4.78 is 0.236. The molecule has 2 N–H and O–H groups in total. The first-order valence-electron chi connectivity index (χ1n) is 6.22.